The van der Waals surface area contributed by atoms with Crippen molar-refractivity contribution in [2.24, 2.45) is 0 Å². The SMILES string of the molecule is COc1ccc(C(c2cccc(C)n2)N2CCCCC2C(=O)O)cc1. The van der Waals surface area contributed by atoms with Crippen molar-refractivity contribution in [3.05, 3.63) is 59.4 Å². The first-order valence-corrected chi connectivity index (χ1v) is 8.66. The maximum atomic E-state index is 11.8. The van der Waals surface area contributed by atoms with Gasteiger partial charge < -0.3 is 9.84 Å². The van der Waals surface area contributed by atoms with Gasteiger partial charge in [-0.25, -0.2) is 0 Å². The zero-order valence-electron chi connectivity index (χ0n) is 14.7. The lowest BCUT2D eigenvalue weighted by Gasteiger charge is -2.39. The summed E-state index contributed by atoms with van der Waals surface area (Å²) in [5, 5.41) is 9.71. The Hall–Kier alpha value is -2.40. The Labute approximate surface area is 148 Å². The summed E-state index contributed by atoms with van der Waals surface area (Å²) in [6.45, 7) is 2.71. The van der Waals surface area contributed by atoms with E-state index in [1.165, 1.54) is 0 Å². The van der Waals surface area contributed by atoms with E-state index in [4.69, 9.17) is 9.72 Å². The summed E-state index contributed by atoms with van der Waals surface area (Å²) >= 11 is 0. The number of aryl methyl sites for hydroxylation is 1. The van der Waals surface area contributed by atoms with Crippen LogP contribution in [0.15, 0.2) is 42.5 Å². The molecule has 5 nitrogen and oxygen atoms in total. The van der Waals surface area contributed by atoms with Crippen LogP contribution in [0.5, 0.6) is 5.75 Å². The van der Waals surface area contributed by atoms with Gasteiger partial charge in [-0.3, -0.25) is 14.7 Å². The van der Waals surface area contributed by atoms with E-state index in [2.05, 4.69) is 4.90 Å². The van der Waals surface area contributed by atoms with Crippen LogP contribution in [0.3, 0.4) is 0 Å². The smallest absolute Gasteiger partial charge is 0.320 e. The van der Waals surface area contributed by atoms with Gasteiger partial charge in [-0.15, -0.1) is 0 Å². The molecule has 0 saturated carbocycles. The van der Waals surface area contributed by atoms with E-state index in [9.17, 15) is 9.90 Å². The molecule has 3 rings (SSSR count). The highest BCUT2D eigenvalue weighted by Gasteiger charge is 2.35. The first kappa shape index (κ1) is 17.4. The molecule has 25 heavy (non-hydrogen) atoms. The molecule has 5 heteroatoms. The van der Waals surface area contributed by atoms with Gasteiger partial charge in [-0.2, -0.15) is 0 Å². The number of methoxy groups -OCH3 is 1. The minimum absolute atomic E-state index is 0.174. The molecule has 0 aliphatic carbocycles. The van der Waals surface area contributed by atoms with E-state index in [0.717, 1.165) is 42.1 Å². The Balaban J connectivity index is 2.05. The quantitative estimate of drug-likeness (QED) is 0.903. The number of aliphatic carboxylic acids is 1. The zero-order chi connectivity index (χ0) is 17.8. The highest BCUT2D eigenvalue weighted by atomic mass is 16.5. The van der Waals surface area contributed by atoms with Crippen molar-refractivity contribution in [2.45, 2.75) is 38.3 Å². The van der Waals surface area contributed by atoms with Crippen molar-refractivity contribution < 1.29 is 14.6 Å². The van der Waals surface area contributed by atoms with Gasteiger partial charge in [0, 0.05) is 5.69 Å². The molecular formula is C20H24N2O3. The lowest BCUT2D eigenvalue weighted by molar-refractivity contribution is -0.145. The number of nitrogens with zero attached hydrogens (tertiary/aromatic N) is 2. The van der Waals surface area contributed by atoms with Crippen molar-refractivity contribution in [3.63, 3.8) is 0 Å². The first-order chi connectivity index (χ1) is 12.1. The Kier molecular flexibility index (Phi) is 5.34. The number of carboxylic acid groups (broad SMARTS) is 1. The number of likely N-dealkylation sites (tertiary alicyclic amines) is 1. The number of ether oxygens (including phenoxy) is 1. The van der Waals surface area contributed by atoms with Crippen molar-refractivity contribution >= 4 is 5.97 Å². The second kappa shape index (κ2) is 7.66. The number of piperidine rings is 1. The molecule has 1 aliphatic heterocycles. The first-order valence-electron chi connectivity index (χ1n) is 8.66. The summed E-state index contributed by atoms with van der Waals surface area (Å²) in [7, 11) is 1.64. The summed E-state index contributed by atoms with van der Waals surface area (Å²) in [5.41, 5.74) is 2.85. The Morgan fingerprint density at radius 3 is 2.64 bits per heavy atom. The van der Waals surface area contributed by atoms with Crippen LogP contribution in [-0.4, -0.2) is 40.7 Å². The molecule has 1 fully saturated rings. The fraction of sp³-hybridized carbons (Fsp3) is 0.400. The van der Waals surface area contributed by atoms with E-state index in [-0.39, 0.29) is 6.04 Å². The van der Waals surface area contributed by atoms with Gasteiger partial charge in [0.25, 0.3) is 0 Å². The van der Waals surface area contributed by atoms with Crippen LogP contribution in [0.1, 0.15) is 42.3 Å². The lowest BCUT2D eigenvalue weighted by Crippen LogP contribution is -2.47. The Bertz CT molecular complexity index is 730. The van der Waals surface area contributed by atoms with Gasteiger partial charge >= 0.3 is 5.97 Å². The molecule has 1 N–H and O–H groups in total. The maximum absolute atomic E-state index is 11.8. The average molecular weight is 340 g/mol. The number of aromatic nitrogens is 1. The standard InChI is InChI=1S/C20H24N2O3/c1-14-6-5-7-17(21-14)19(15-9-11-16(25-2)12-10-15)22-13-4-3-8-18(22)20(23)24/h5-7,9-12,18-19H,3-4,8,13H2,1-2H3,(H,23,24). The van der Waals surface area contributed by atoms with Crippen LogP contribution in [0.25, 0.3) is 0 Å². The van der Waals surface area contributed by atoms with E-state index < -0.39 is 12.0 Å². The van der Waals surface area contributed by atoms with E-state index in [1.807, 2.05) is 49.4 Å². The lowest BCUT2D eigenvalue weighted by atomic mass is 9.94. The molecule has 2 unspecified atom stereocenters. The van der Waals surface area contributed by atoms with Crippen LogP contribution in [0.4, 0.5) is 0 Å². The number of rotatable bonds is 5. The Morgan fingerprint density at radius 2 is 2.00 bits per heavy atom. The predicted octanol–water partition coefficient (Wildman–Crippen LogP) is 3.43. The van der Waals surface area contributed by atoms with Gasteiger partial charge in [-0.05, 0) is 56.1 Å². The Morgan fingerprint density at radius 1 is 1.24 bits per heavy atom. The van der Waals surface area contributed by atoms with E-state index >= 15 is 0 Å². The molecule has 2 atom stereocenters. The topological polar surface area (TPSA) is 62.7 Å². The fourth-order valence-electron chi connectivity index (χ4n) is 3.56. The fourth-order valence-corrected chi connectivity index (χ4v) is 3.56. The predicted molar refractivity (Wildman–Crippen MR) is 95.8 cm³/mol. The third-order valence-electron chi connectivity index (χ3n) is 4.78. The van der Waals surface area contributed by atoms with Crippen LogP contribution in [0.2, 0.25) is 0 Å². The number of benzene rings is 1. The summed E-state index contributed by atoms with van der Waals surface area (Å²) in [4.78, 5) is 18.6. The van der Waals surface area contributed by atoms with Crippen molar-refractivity contribution in [3.8, 4) is 5.75 Å². The summed E-state index contributed by atoms with van der Waals surface area (Å²) in [6, 6.07) is 13.1. The molecule has 2 aromatic rings. The van der Waals surface area contributed by atoms with Crippen molar-refractivity contribution in [2.75, 3.05) is 13.7 Å². The van der Waals surface area contributed by atoms with Gasteiger partial charge in [0.1, 0.15) is 11.8 Å². The maximum Gasteiger partial charge on any atom is 0.320 e. The van der Waals surface area contributed by atoms with Crippen LogP contribution in [0, 0.1) is 6.92 Å². The highest BCUT2D eigenvalue weighted by Crippen LogP contribution is 2.34. The normalized spacial score (nSPS) is 19.4. The number of carboxylic acids is 1. The summed E-state index contributed by atoms with van der Waals surface area (Å²) < 4.78 is 5.26. The molecule has 0 bridgehead atoms. The molecule has 0 spiro atoms. The molecule has 1 aliphatic rings. The van der Waals surface area contributed by atoms with Gasteiger partial charge in [0.2, 0.25) is 0 Å². The minimum Gasteiger partial charge on any atom is -0.497 e. The number of pyridine rings is 1. The summed E-state index contributed by atoms with van der Waals surface area (Å²) in [6.07, 6.45) is 2.63. The van der Waals surface area contributed by atoms with Crippen LogP contribution < -0.4 is 4.74 Å². The minimum atomic E-state index is -0.758. The molecule has 2 heterocycles. The number of carbonyl (C=O) groups is 1. The van der Waals surface area contributed by atoms with Crippen LogP contribution in [-0.2, 0) is 4.79 Å². The van der Waals surface area contributed by atoms with Gasteiger partial charge in [0.05, 0.1) is 18.8 Å². The second-order valence-electron chi connectivity index (χ2n) is 6.47. The van der Waals surface area contributed by atoms with Crippen molar-refractivity contribution in [1.82, 2.24) is 9.88 Å². The molecular weight excluding hydrogens is 316 g/mol. The molecule has 132 valence electrons. The zero-order valence-corrected chi connectivity index (χ0v) is 14.7. The molecule has 1 aromatic heterocycles. The largest absolute Gasteiger partial charge is 0.497 e. The third-order valence-corrected chi connectivity index (χ3v) is 4.78. The van der Waals surface area contributed by atoms with Crippen molar-refractivity contribution in [1.29, 1.82) is 0 Å². The van der Waals surface area contributed by atoms with Crippen LogP contribution >= 0.6 is 0 Å². The van der Waals surface area contributed by atoms with E-state index in [0.29, 0.717) is 6.42 Å². The van der Waals surface area contributed by atoms with Gasteiger partial charge in [0.15, 0.2) is 0 Å². The third kappa shape index (κ3) is 3.82. The molecule has 0 amide bonds. The monoisotopic (exact) mass is 340 g/mol. The molecule has 1 saturated heterocycles. The highest BCUT2D eigenvalue weighted by molar-refractivity contribution is 5.73. The number of hydrogen-bond donors (Lipinski definition) is 1. The average Bonchev–Trinajstić information content (AvgIpc) is 2.63. The summed E-state index contributed by atoms with van der Waals surface area (Å²) in [5.74, 6) is 0.0268. The molecule has 1 aromatic carbocycles. The van der Waals surface area contributed by atoms with E-state index in [1.54, 1.807) is 7.11 Å². The van der Waals surface area contributed by atoms with Gasteiger partial charge in [-0.1, -0.05) is 24.6 Å². The number of hydrogen-bond acceptors (Lipinski definition) is 4. The second-order valence-corrected chi connectivity index (χ2v) is 6.47. The molecule has 0 radical (unpaired) electrons.